The molecule has 0 radical (unpaired) electrons. The van der Waals surface area contributed by atoms with Crippen molar-refractivity contribution in [3.05, 3.63) is 75.1 Å². The minimum Gasteiger partial charge on any atom is -0.489 e. The molecule has 0 fully saturated rings. The molecule has 0 aliphatic carbocycles. The molecule has 172 valence electrons. The summed E-state index contributed by atoms with van der Waals surface area (Å²) >= 11 is 5.92. The standard InChI is InChI=1S/C23H25ClN6O3/c1-13-10-14(2)29(26-13)12-30-16(4)21(15(3)27-30)25-23(31)22-20(17(5)33-28-22)11-32-19-8-6-18(24)7-9-19/h6-10H,11-12H2,1-5H3,(H,25,31). The van der Waals surface area contributed by atoms with Gasteiger partial charge >= 0.3 is 0 Å². The van der Waals surface area contributed by atoms with Crippen molar-refractivity contribution in [2.75, 3.05) is 5.32 Å². The Bertz CT molecular complexity index is 1300. The minimum atomic E-state index is -0.390. The Morgan fingerprint density at radius 1 is 1.09 bits per heavy atom. The van der Waals surface area contributed by atoms with E-state index >= 15 is 0 Å². The molecular formula is C23H25ClN6O3. The first kappa shape index (κ1) is 22.6. The summed E-state index contributed by atoms with van der Waals surface area (Å²) in [7, 11) is 0. The number of amides is 1. The molecule has 10 heteroatoms. The summed E-state index contributed by atoms with van der Waals surface area (Å²) in [6.07, 6.45) is 0. The highest BCUT2D eigenvalue weighted by molar-refractivity contribution is 6.30. The predicted molar refractivity (Wildman–Crippen MR) is 124 cm³/mol. The smallest absolute Gasteiger partial charge is 0.278 e. The third-order valence-electron chi connectivity index (χ3n) is 5.39. The van der Waals surface area contributed by atoms with Crippen molar-refractivity contribution in [3.8, 4) is 5.75 Å². The van der Waals surface area contributed by atoms with Gasteiger partial charge in [-0.05, 0) is 65.0 Å². The van der Waals surface area contributed by atoms with Crippen LogP contribution in [0.3, 0.4) is 0 Å². The van der Waals surface area contributed by atoms with Gasteiger partial charge in [0, 0.05) is 10.7 Å². The summed E-state index contributed by atoms with van der Waals surface area (Å²) < 4.78 is 14.7. The highest BCUT2D eigenvalue weighted by Crippen LogP contribution is 2.23. The van der Waals surface area contributed by atoms with Gasteiger partial charge in [0.25, 0.3) is 5.91 Å². The second-order valence-electron chi connectivity index (χ2n) is 7.88. The van der Waals surface area contributed by atoms with Crippen molar-refractivity contribution < 1.29 is 14.1 Å². The van der Waals surface area contributed by atoms with Gasteiger partial charge in [-0.1, -0.05) is 16.8 Å². The molecule has 0 spiro atoms. The molecule has 1 aromatic carbocycles. The van der Waals surface area contributed by atoms with Crippen LogP contribution < -0.4 is 10.1 Å². The van der Waals surface area contributed by atoms with Gasteiger partial charge in [-0.25, -0.2) is 9.36 Å². The number of hydrogen-bond acceptors (Lipinski definition) is 6. The van der Waals surface area contributed by atoms with Crippen molar-refractivity contribution in [1.29, 1.82) is 0 Å². The van der Waals surface area contributed by atoms with Crippen molar-refractivity contribution in [2.24, 2.45) is 0 Å². The molecule has 1 N–H and O–H groups in total. The summed E-state index contributed by atoms with van der Waals surface area (Å²) in [4.78, 5) is 13.1. The van der Waals surface area contributed by atoms with E-state index in [2.05, 4.69) is 20.7 Å². The number of aromatic nitrogens is 5. The van der Waals surface area contributed by atoms with E-state index in [-0.39, 0.29) is 12.3 Å². The van der Waals surface area contributed by atoms with E-state index in [9.17, 15) is 4.79 Å². The molecule has 0 aliphatic rings. The SMILES string of the molecule is Cc1cc(C)n(Cn2nc(C)c(NC(=O)c3noc(C)c3COc3ccc(Cl)cc3)c2C)n1. The van der Waals surface area contributed by atoms with Crippen LogP contribution in [0.25, 0.3) is 0 Å². The van der Waals surface area contributed by atoms with Crippen LogP contribution in [0.5, 0.6) is 5.75 Å². The van der Waals surface area contributed by atoms with Crippen LogP contribution >= 0.6 is 11.6 Å². The molecule has 0 bridgehead atoms. The largest absolute Gasteiger partial charge is 0.489 e. The first-order chi connectivity index (χ1) is 15.7. The van der Waals surface area contributed by atoms with Gasteiger partial charge in [0.05, 0.1) is 28.3 Å². The second-order valence-corrected chi connectivity index (χ2v) is 8.31. The molecule has 3 aromatic heterocycles. The fourth-order valence-corrected chi connectivity index (χ4v) is 3.69. The second kappa shape index (κ2) is 9.11. The van der Waals surface area contributed by atoms with Gasteiger partial charge in [0.2, 0.25) is 0 Å². The number of rotatable bonds is 7. The molecule has 3 heterocycles. The normalized spacial score (nSPS) is 11.1. The average Bonchev–Trinajstić information content (AvgIpc) is 3.38. The van der Waals surface area contributed by atoms with Gasteiger partial charge in [-0.15, -0.1) is 0 Å². The van der Waals surface area contributed by atoms with Crippen molar-refractivity contribution in [3.63, 3.8) is 0 Å². The maximum atomic E-state index is 13.1. The van der Waals surface area contributed by atoms with E-state index in [1.165, 1.54) is 0 Å². The van der Waals surface area contributed by atoms with Crippen LogP contribution in [0.2, 0.25) is 5.02 Å². The van der Waals surface area contributed by atoms with Crippen molar-refractivity contribution in [2.45, 2.75) is 47.9 Å². The molecule has 0 saturated carbocycles. The predicted octanol–water partition coefficient (Wildman–Crippen LogP) is 4.60. The Hall–Kier alpha value is -3.59. The van der Waals surface area contributed by atoms with Crippen LogP contribution in [-0.2, 0) is 13.3 Å². The van der Waals surface area contributed by atoms with Crippen LogP contribution in [0, 0.1) is 34.6 Å². The minimum absolute atomic E-state index is 0.134. The van der Waals surface area contributed by atoms with E-state index in [1.807, 2.05) is 43.1 Å². The number of carbonyl (C=O) groups excluding carboxylic acids is 1. The van der Waals surface area contributed by atoms with E-state index in [0.717, 1.165) is 17.1 Å². The molecule has 0 saturated heterocycles. The number of nitrogens with one attached hydrogen (secondary N) is 1. The summed E-state index contributed by atoms with van der Waals surface area (Å²) in [6, 6.07) is 9.00. The molecule has 1 amide bonds. The average molecular weight is 469 g/mol. The van der Waals surface area contributed by atoms with Gasteiger partial charge < -0.3 is 14.6 Å². The Labute approximate surface area is 196 Å². The van der Waals surface area contributed by atoms with E-state index in [4.69, 9.17) is 20.9 Å². The van der Waals surface area contributed by atoms with E-state index in [0.29, 0.717) is 40.1 Å². The maximum absolute atomic E-state index is 13.1. The molecule has 0 unspecified atom stereocenters. The lowest BCUT2D eigenvalue weighted by Crippen LogP contribution is -2.17. The van der Waals surface area contributed by atoms with Gasteiger partial charge in [-0.3, -0.25) is 4.79 Å². The Morgan fingerprint density at radius 2 is 1.82 bits per heavy atom. The quantitative estimate of drug-likeness (QED) is 0.425. The number of hydrogen-bond donors (Lipinski definition) is 1. The maximum Gasteiger partial charge on any atom is 0.278 e. The first-order valence-electron chi connectivity index (χ1n) is 10.4. The molecule has 9 nitrogen and oxygen atoms in total. The Balaban J connectivity index is 1.51. The number of nitrogens with zero attached hydrogens (tertiary/aromatic N) is 5. The number of anilines is 1. The lowest BCUT2D eigenvalue weighted by molar-refractivity contribution is 0.101. The summed E-state index contributed by atoms with van der Waals surface area (Å²) in [5.41, 5.74) is 4.87. The Kier molecular flexibility index (Phi) is 6.24. The number of ether oxygens (including phenoxy) is 1. The van der Waals surface area contributed by atoms with Crippen molar-refractivity contribution in [1.82, 2.24) is 24.7 Å². The lowest BCUT2D eigenvalue weighted by Gasteiger charge is -2.09. The molecule has 33 heavy (non-hydrogen) atoms. The monoisotopic (exact) mass is 468 g/mol. The lowest BCUT2D eigenvalue weighted by atomic mass is 10.2. The molecular weight excluding hydrogens is 444 g/mol. The third kappa shape index (κ3) is 4.78. The fraction of sp³-hybridized carbons (Fsp3) is 0.304. The summed E-state index contributed by atoms with van der Waals surface area (Å²) in [5.74, 6) is 0.754. The number of benzene rings is 1. The van der Waals surface area contributed by atoms with E-state index < -0.39 is 5.91 Å². The molecule has 0 aliphatic heterocycles. The van der Waals surface area contributed by atoms with E-state index in [1.54, 1.807) is 31.2 Å². The van der Waals surface area contributed by atoms with Gasteiger partial charge in [-0.2, -0.15) is 10.2 Å². The first-order valence-corrected chi connectivity index (χ1v) is 10.8. The Morgan fingerprint density at radius 3 is 2.48 bits per heavy atom. The van der Waals surface area contributed by atoms with Crippen LogP contribution in [-0.4, -0.2) is 30.6 Å². The number of halogens is 1. The molecule has 4 rings (SSSR count). The topological polar surface area (TPSA) is 100 Å². The summed E-state index contributed by atoms with van der Waals surface area (Å²) in [6.45, 7) is 10.0. The number of aryl methyl sites for hydroxylation is 4. The zero-order valence-electron chi connectivity index (χ0n) is 19.1. The van der Waals surface area contributed by atoms with Gasteiger partial charge in [0.1, 0.15) is 24.8 Å². The van der Waals surface area contributed by atoms with Crippen LogP contribution in [0.15, 0.2) is 34.9 Å². The third-order valence-corrected chi connectivity index (χ3v) is 5.64. The highest BCUT2D eigenvalue weighted by Gasteiger charge is 2.23. The van der Waals surface area contributed by atoms with Crippen LogP contribution in [0.1, 0.15) is 44.6 Å². The zero-order chi connectivity index (χ0) is 23.7. The summed E-state index contributed by atoms with van der Waals surface area (Å²) in [5, 5.41) is 16.6. The number of carbonyl (C=O) groups is 1. The fourth-order valence-electron chi connectivity index (χ4n) is 3.56. The van der Waals surface area contributed by atoms with Crippen LogP contribution in [0.4, 0.5) is 5.69 Å². The van der Waals surface area contributed by atoms with Crippen molar-refractivity contribution >= 4 is 23.2 Å². The zero-order valence-corrected chi connectivity index (χ0v) is 19.9. The molecule has 4 aromatic rings. The molecule has 0 atom stereocenters. The highest BCUT2D eigenvalue weighted by atomic mass is 35.5. The van der Waals surface area contributed by atoms with Gasteiger partial charge in [0.15, 0.2) is 5.69 Å².